The zero-order valence-electron chi connectivity index (χ0n) is 12.3. The summed E-state index contributed by atoms with van der Waals surface area (Å²) >= 11 is 0. The number of hydrogen-bond acceptors (Lipinski definition) is 6. The molecule has 0 atom stereocenters. The molecule has 114 valence electrons. The molecule has 6 nitrogen and oxygen atoms in total. The molecule has 2 aromatic rings. The fourth-order valence-electron chi connectivity index (χ4n) is 2.73. The first-order valence-electron chi connectivity index (χ1n) is 7.09. The summed E-state index contributed by atoms with van der Waals surface area (Å²) in [7, 11) is 0. The van der Waals surface area contributed by atoms with E-state index in [-0.39, 0.29) is 12.4 Å². The lowest BCUT2D eigenvalue weighted by molar-refractivity contribution is 0.372. The summed E-state index contributed by atoms with van der Waals surface area (Å²) in [6.45, 7) is 3.93. The van der Waals surface area contributed by atoms with Crippen LogP contribution >= 0.6 is 12.4 Å². The number of aryl methyl sites for hydroxylation is 2. The number of nitrogens with two attached hydrogens (primary N) is 1. The average Bonchev–Trinajstić information content (AvgIpc) is 3.08. The summed E-state index contributed by atoms with van der Waals surface area (Å²) in [5.41, 5.74) is 8.49. The third-order valence-corrected chi connectivity index (χ3v) is 3.93. The third kappa shape index (κ3) is 2.91. The lowest BCUT2D eigenvalue weighted by Gasteiger charge is -2.17. The van der Waals surface area contributed by atoms with E-state index in [0.717, 1.165) is 49.1 Å². The first-order valence-corrected chi connectivity index (χ1v) is 7.09. The Labute approximate surface area is 129 Å². The van der Waals surface area contributed by atoms with Crippen LogP contribution in [0.4, 0.5) is 0 Å². The molecule has 0 aliphatic heterocycles. The first kappa shape index (κ1) is 15.9. The van der Waals surface area contributed by atoms with Gasteiger partial charge < -0.3 is 10.3 Å². The Morgan fingerprint density at radius 3 is 2.67 bits per heavy atom. The Hall–Kier alpha value is -1.53. The second-order valence-electron chi connectivity index (χ2n) is 5.49. The molecule has 0 aromatic carbocycles. The van der Waals surface area contributed by atoms with Gasteiger partial charge in [0.15, 0.2) is 5.82 Å². The average molecular weight is 310 g/mol. The summed E-state index contributed by atoms with van der Waals surface area (Å²) in [6.07, 6.45) is 4.85. The maximum Gasteiger partial charge on any atom is 0.259 e. The van der Waals surface area contributed by atoms with E-state index >= 15 is 0 Å². The van der Waals surface area contributed by atoms with Crippen molar-refractivity contribution in [3.63, 3.8) is 0 Å². The molecule has 1 aliphatic rings. The highest BCUT2D eigenvalue weighted by Crippen LogP contribution is 2.35. The van der Waals surface area contributed by atoms with Crippen LogP contribution in [0.15, 0.2) is 10.6 Å². The van der Waals surface area contributed by atoms with Crippen LogP contribution in [-0.2, 0) is 12.0 Å². The van der Waals surface area contributed by atoms with Crippen LogP contribution in [0, 0.1) is 6.92 Å². The standard InChI is InChI=1S/C14H19N5O.ClH/c1-3-11-10(8-9(2)17-18-11)12-16-13(19-20-12)14(15)6-4-5-7-14;/h8H,3-7,15H2,1-2H3;1H. The van der Waals surface area contributed by atoms with E-state index in [2.05, 4.69) is 20.3 Å². The van der Waals surface area contributed by atoms with Gasteiger partial charge in [-0.3, -0.25) is 0 Å². The van der Waals surface area contributed by atoms with Crippen LogP contribution in [0.1, 0.15) is 49.8 Å². The van der Waals surface area contributed by atoms with E-state index in [4.69, 9.17) is 10.3 Å². The third-order valence-electron chi connectivity index (χ3n) is 3.93. The molecule has 2 aromatic heterocycles. The van der Waals surface area contributed by atoms with Gasteiger partial charge in [-0.2, -0.15) is 15.2 Å². The zero-order valence-corrected chi connectivity index (χ0v) is 13.1. The van der Waals surface area contributed by atoms with Crippen molar-refractivity contribution in [1.29, 1.82) is 0 Å². The summed E-state index contributed by atoms with van der Waals surface area (Å²) < 4.78 is 5.42. The highest BCUT2D eigenvalue weighted by atomic mass is 35.5. The van der Waals surface area contributed by atoms with Crippen LogP contribution in [-0.4, -0.2) is 20.3 Å². The van der Waals surface area contributed by atoms with Crippen LogP contribution < -0.4 is 5.73 Å². The molecule has 1 saturated carbocycles. The first-order chi connectivity index (χ1) is 9.62. The molecule has 0 saturated heterocycles. The number of nitrogens with zero attached hydrogens (tertiary/aromatic N) is 4. The number of hydrogen-bond donors (Lipinski definition) is 1. The molecule has 2 N–H and O–H groups in total. The van der Waals surface area contributed by atoms with Crippen LogP contribution in [0.2, 0.25) is 0 Å². The second-order valence-corrected chi connectivity index (χ2v) is 5.49. The number of halogens is 1. The lowest BCUT2D eigenvalue weighted by Crippen LogP contribution is -2.34. The molecule has 3 rings (SSSR count). The Morgan fingerprint density at radius 1 is 1.29 bits per heavy atom. The summed E-state index contributed by atoms with van der Waals surface area (Å²) in [6, 6.07) is 1.93. The van der Waals surface area contributed by atoms with Gasteiger partial charge >= 0.3 is 0 Å². The van der Waals surface area contributed by atoms with Gasteiger partial charge in [0.05, 0.1) is 22.5 Å². The Bertz CT molecular complexity index is 622. The van der Waals surface area contributed by atoms with Crippen molar-refractivity contribution in [2.24, 2.45) is 5.73 Å². The Balaban J connectivity index is 0.00000161. The minimum Gasteiger partial charge on any atom is -0.334 e. The van der Waals surface area contributed by atoms with Crippen LogP contribution in [0.25, 0.3) is 11.5 Å². The van der Waals surface area contributed by atoms with Gasteiger partial charge in [-0.25, -0.2) is 0 Å². The highest BCUT2D eigenvalue weighted by Gasteiger charge is 2.36. The molecule has 0 amide bonds. The van der Waals surface area contributed by atoms with Crippen molar-refractivity contribution in [1.82, 2.24) is 20.3 Å². The quantitative estimate of drug-likeness (QED) is 0.937. The molecule has 7 heteroatoms. The van der Waals surface area contributed by atoms with Gasteiger partial charge in [-0.1, -0.05) is 24.9 Å². The maximum atomic E-state index is 6.36. The molecule has 21 heavy (non-hydrogen) atoms. The topological polar surface area (TPSA) is 90.7 Å². The Morgan fingerprint density at radius 2 is 2.00 bits per heavy atom. The van der Waals surface area contributed by atoms with E-state index in [1.807, 2.05) is 19.9 Å². The highest BCUT2D eigenvalue weighted by molar-refractivity contribution is 5.85. The van der Waals surface area contributed by atoms with Crippen LogP contribution in [0.5, 0.6) is 0 Å². The minimum absolute atomic E-state index is 0. The summed E-state index contributed by atoms with van der Waals surface area (Å²) in [5.74, 6) is 1.10. The monoisotopic (exact) mass is 309 g/mol. The van der Waals surface area contributed by atoms with Gasteiger partial charge in [0.1, 0.15) is 0 Å². The van der Waals surface area contributed by atoms with E-state index in [0.29, 0.717) is 11.7 Å². The fraction of sp³-hybridized carbons (Fsp3) is 0.571. The van der Waals surface area contributed by atoms with Crippen LogP contribution in [0.3, 0.4) is 0 Å². The van der Waals surface area contributed by atoms with Gasteiger partial charge in [0.25, 0.3) is 5.89 Å². The van der Waals surface area contributed by atoms with Gasteiger partial charge in [-0.15, -0.1) is 12.4 Å². The molecular weight excluding hydrogens is 290 g/mol. The summed E-state index contributed by atoms with van der Waals surface area (Å²) in [5, 5.41) is 12.3. The minimum atomic E-state index is -0.427. The van der Waals surface area contributed by atoms with E-state index in [1.54, 1.807) is 0 Å². The number of rotatable bonds is 3. The molecule has 1 fully saturated rings. The fourth-order valence-corrected chi connectivity index (χ4v) is 2.73. The van der Waals surface area contributed by atoms with E-state index in [1.165, 1.54) is 0 Å². The van der Waals surface area contributed by atoms with E-state index in [9.17, 15) is 0 Å². The van der Waals surface area contributed by atoms with Crippen molar-refractivity contribution < 1.29 is 4.52 Å². The lowest BCUT2D eigenvalue weighted by atomic mass is 9.98. The van der Waals surface area contributed by atoms with Crippen molar-refractivity contribution in [3.05, 3.63) is 23.3 Å². The SMILES string of the molecule is CCc1nnc(C)cc1-c1nc(C2(N)CCCC2)no1.Cl. The van der Waals surface area contributed by atoms with Crippen molar-refractivity contribution in [2.75, 3.05) is 0 Å². The van der Waals surface area contributed by atoms with Gasteiger partial charge in [-0.05, 0) is 32.3 Å². The normalized spacial score (nSPS) is 16.7. The van der Waals surface area contributed by atoms with E-state index < -0.39 is 5.54 Å². The predicted octanol–water partition coefficient (Wildman–Crippen LogP) is 2.55. The molecule has 0 spiro atoms. The van der Waals surface area contributed by atoms with Crippen molar-refractivity contribution in [2.45, 2.75) is 51.5 Å². The molecule has 0 unspecified atom stereocenters. The predicted molar refractivity (Wildman–Crippen MR) is 81.0 cm³/mol. The molecule has 0 radical (unpaired) electrons. The molecule has 2 heterocycles. The van der Waals surface area contributed by atoms with Gasteiger partial charge in [0, 0.05) is 0 Å². The van der Waals surface area contributed by atoms with Crippen molar-refractivity contribution in [3.8, 4) is 11.5 Å². The largest absolute Gasteiger partial charge is 0.334 e. The second kappa shape index (κ2) is 6.07. The Kier molecular flexibility index (Phi) is 4.58. The molecular formula is C14H20ClN5O. The van der Waals surface area contributed by atoms with Gasteiger partial charge in [0.2, 0.25) is 0 Å². The summed E-state index contributed by atoms with van der Waals surface area (Å²) in [4.78, 5) is 4.51. The molecule has 1 aliphatic carbocycles. The smallest absolute Gasteiger partial charge is 0.259 e. The number of aromatic nitrogens is 4. The molecule has 0 bridgehead atoms. The maximum absolute atomic E-state index is 6.36. The van der Waals surface area contributed by atoms with Crippen molar-refractivity contribution >= 4 is 12.4 Å². The zero-order chi connectivity index (χ0) is 14.2.